The summed E-state index contributed by atoms with van der Waals surface area (Å²) in [5, 5.41) is 8.89. The van der Waals surface area contributed by atoms with Crippen LogP contribution in [0.1, 0.15) is 25.0 Å². The third-order valence-electron chi connectivity index (χ3n) is 2.23. The van der Waals surface area contributed by atoms with Gasteiger partial charge in [-0.2, -0.15) is 18.4 Å². The maximum Gasteiger partial charge on any atom is 0.416 e. The van der Waals surface area contributed by atoms with Crippen molar-refractivity contribution < 1.29 is 13.2 Å². The van der Waals surface area contributed by atoms with Crippen LogP contribution in [0.5, 0.6) is 0 Å². The lowest BCUT2D eigenvalue weighted by Gasteiger charge is -2.18. The Balaban J connectivity index is 3.36. The number of rotatable bonds is 1. The maximum atomic E-state index is 12.5. The zero-order valence-corrected chi connectivity index (χ0v) is 10.3. The highest BCUT2D eigenvalue weighted by Gasteiger charge is 2.32. The average molecular weight is 292 g/mol. The second-order valence-electron chi connectivity index (χ2n) is 3.96. The van der Waals surface area contributed by atoms with Crippen molar-refractivity contribution >= 4 is 15.9 Å². The van der Waals surface area contributed by atoms with Gasteiger partial charge < -0.3 is 0 Å². The smallest absolute Gasteiger partial charge is 0.197 e. The number of hydrogen-bond donors (Lipinski definition) is 0. The largest absolute Gasteiger partial charge is 0.416 e. The zero-order chi connectivity index (χ0) is 12.6. The van der Waals surface area contributed by atoms with Crippen LogP contribution in [-0.2, 0) is 11.6 Å². The minimum Gasteiger partial charge on any atom is -0.197 e. The molecular formula is C11H9BrF3N. The number of nitrogens with zero attached hydrogens (tertiary/aromatic N) is 1. The maximum absolute atomic E-state index is 12.5. The van der Waals surface area contributed by atoms with Gasteiger partial charge in [-0.3, -0.25) is 0 Å². The lowest BCUT2D eigenvalue weighted by atomic mass is 9.85. The lowest BCUT2D eigenvalue weighted by molar-refractivity contribution is -0.137. The lowest BCUT2D eigenvalue weighted by Crippen LogP contribution is -2.16. The van der Waals surface area contributed by atoms with E-state index in [1.165, 1.54) is 6.07 Å². The van der Waals surface area contributed by atoms with E-state index >= 15 is 0 Å². The summed E-state index contributed by atoms with van der Waals surface area (Å²) < 4.78 is 37.9. The van der Waals surface area contributed by atoms with Gasteiger partial charge in [-0.15, -0.1) is 0 Å². The fourth-order valence-corrected chi connectivity index (χ4v) is 1.67. The van der Waals surface area contributed by atoms with Gasteiger partial charge in [-0.1, -0.05) is 15.9 Å². The molecule has 0 heterocycles. The molecule has 0 aliphatic rings. The van der Waals surface area contributed by atoms with Crippen LogP contribution in [0, 0.1) is 11.3 Å². The van der Waals surface area contributed by atoms with Gasteiger partial charge in [0.25, 0.3) is 0 Å². The number of halogens is 4. The second kappa shape index (κ2) is 4.10. The summed E-state index contributed by atoms with van der Waals surface area (Å²) in [6, 6.07) is 5.51. The van der Waals surface area contributed by atoms with Crippen LogP contribution in [0.25, 0.3) is 0 Å². The molecule has 1 aromatic rings. The predicted octanol–water partition coefficient (Wildman–Crippen LogP) is 4.27. The van der Waals surface area contributed by atoms with Gasteiger partial charge in [0.15, 0.2) is 0 Å². The molecule has 0 radical (unpaired) electrons. The molecule has 0 aliphatic heterocycles. The third kappa shape index (κ3) is 2.76. The van der Waals surface area contributed by atoms with Crippen molar-refractivity contribution in [3.8, 4) is 6.07 Å². The highest BCUT2D eigenvalue weighted by atomic mass is 79.9. The second-order valence-corrected chi connectivity index (χ2v) is 4.88. The monoisotopic (exact) mass is 291 g/mol. The predicted molar refractivity (Wildman–Crippen MR) is 57.8 cm³/mol. The Morgan fingerprint density at radius 2 is 1.62 bits per heavy atom. The van der Waals surface area contributed by atoms with Crippen LogP contribution < -0.4 is 0 Å². The first-order valence-corrected chi connectivity index (χ1v) is 5.25. The molecule has 0 atom stereocenters. The van der Waals surface area contributed by atoms with E-state index in [1.807, 2.05) is 6.07 Å². The van der Waals surface area contributed by atoms with Crippen molar-refractivity contribution in [2.24, 2.45) is 0 Å². The highest BCUT2D eigenvalue weighted by Crippen LogP contribution is 2.35. The summed E-state index contributed by atoms with van der Waals surface area (Å²) in [5.41, 5.74) is -1.35. The van der Waals surface area contributed by atoms with Gasteiger partial charge in [0.1, 0.15) is 0 Å². The summed E-state index contributed by atoms with van der Waals surface area (Å²) in [4.78, 5) is 0. The molecule has 16 heavy (non-hydrogen) atoms. The van der Waals surface area contributed by atoms with Crippen molar-refractivity contribution in [2.45, 2.75) is 25.4 Å². The molecule has 5 heteroatoms. The molecule has 0 N–H and O–H groups in total. The molecule has 0 fully saturated rings. The Kier molecular flexibility index (Phi) is 3.34. The quantitative estimate of drug-likeness (QED) is 0.758. The van der Waals surface area contributed by atoms with Crippen LogP contribution in [0.4, 0.5) is 13.2 Å². The van der Waals surface area contributed by atoms with E-state index < -0.39 is 17.2 Å². The van der Waals surface area contributed by atoms with Crippen molar-refractivity contribution in [3.63, 3.8) is 0 Å². The molecule has 0 bridgehead atoms. The highest BCUT2D eigenvalue weighted by molar-refractivity contribution is 9.10. The van der Waals surface area contributed by atoms with E-state index in [4.69, 9.17) is 5.26 Å². The third-order valence-corrected chi connectivity index (χ3v) is 2.68. The molecule has 0 spiro atoms. The van der Waals surface area contributed by atoms with Crippen LogP contribution in [-0.4, -0.2) is 0 Å². The van der Waals surface area contributed by atoms with Gasteiger partial charge >= 0.3 is 6.18 Å². The topological polar surface area (TPSA) is 23.8 Å². The molecule has 86 valence electrons. The molecule has 1 rings (SSSR count). The Labute approximate surface area is 100 Å². The standard InChI is InChI=1S/C11H9BrF3N/c1-10(2,6-16)7-3-8(11(13,14)15)5-9(12)4-7/h3-5H,1-2H3. The van der Waals surface area contributed by atoms with Crippen LogP contribution in [0.15, 0.2) is 22.7 Å². The SMILES string of the molecule is CC(C)(C#N)c1cc(Br)cc(C(F)(F)F)c1. The summed E-state index contributed by atoms with van der Waals surface area (Å²) in [6.45, 7) is 3.16. The Bertz CT molecular complexity index is 444. The summed E-state index contributed by atoms with van der Waals surface area (Å²) in [7, 11) is 0. The molecule has 0 aliphatic carbocycles. The molecule has 0 saturated heterocycles. The van der Waals surface area contributed by atoms with Crippen LogP contribution in [0.2, 0.25) is 0 Å². The van der Waals surface area contributed by atoms with Gasteiger partial charge in [-0.25, -0.2) is 0 Å². The van der Waals surface area contributed by atoms with Crippen LogP contribution >= 0.6 is 15.9 Å². The fourth-order valence-electron chi connectivity index (χ4n) is 1.18. The Morgan fingerprint density at radius 1 is 1.12 bits per heavy atom. The zero-order valence-electron chi connectivity index (χ0n) is 8.69. The van der Waals surface area contributed by atoms with E-state index in [9.17, 15) is 13.2 Å². The number of nitriles is 1. The van der Waals surface area contributed by atoms with E-state index in [2.05, 4.69) is 15.9 Å². The minimum absolute atomic E-state index is 0.320. The molecule has 0 aromatic heterocycles. The molecule has 1 aromatic carbocycles. The van der Waals surface area contributed by atoms with Crippen molar-refractivity contribution in [3.05, 3.63) is 33.8 Å². The molecule has 0 amide bonds. The minimum atomic E-state index is -4.40. The molecule has 1 nitrogen and oxygen atoms in total. The molecule has 0 saturated carbocycles. The first-order valence-electron chi connectivity index (χ1n) is 4.46. The van der Waals surface area contributed by atoms with Crippen molar-refractivity contribution in [1.82, 2.24) is 0 Å². The van der Waals surface area contributed by atoms with Gasteiger partial charge in [-0.05, 0) is 37.6 Å². The molecule has 0 unspecified atom stereocenters. The fraction of sp³-hybridized carbons (Fsp3) is 0.364. The first kappa shape index (κ1) is 13.0. The average Bonchev–Trinajstić information content (AvgIpc) is 2.15. The first-order chi connectivity index (χ1) is 7.16. The summed E-state index contributed by atoms with van der Waals surface area (Å²) in [6.07, 6.45) is -4.40. The number of benzene rings is 1. The van der Waals surface area contributed by atoms with Crippen LogP contribution in [0.3, 0.4) is 0 Å². The van der Waals surface area contributed by atoms with Gasteiger partial charge in [0.05, 0.1) is 17.0 Å². The van der Waals surface area contributed by atoms with Gasteiger partial charge in [0, 0.05) is 4.47 Å². The summed E-state index contributed by atoms with van der Waals surface area (Å²) in [5.74, 6) is 0. The number of alkyl halides is 3. The Morgan fingerprint density at radius 3 is 2.06 bits per heavy atom. The van der Waals surface area contributed by atoms with Crippen molar-refractivity contribution in [2.75, 3.05) is 0 Å². The van der Waals surface area contributed by atoms with E-state index in [0.29, 0.717) is 10.0 Å². The normalized spacial score (nSPS) is 12.3. The molecular weight excluding hydrogens is 283 g/mol. The van der Waals surface area contributed by atoms with E-state index in [-0.39, 0.29) is 0 Å². The van der Waals surface area contributed by atoms with E-state index in [0.717, 1.165) is 12.1 Å². The van der Waals surface area contributed by atoms with Gasteiger partial charge in [0.2, 0.25) is 0 Å². The number of hydrogen-bond acceptors (Lipinski definition) is 1. The van der Waals surface area contributed by atoms with Crippen molar-refractivity contribution in [1.29, 1.82) is 5.26 Å². The van der Waals surface area contributed by atoms with E-state index in [1.54, 1.807) is 13.8 Å². The summed E-state index contributed by atoms with van der Waals surface area (Å²) >= 11 is 3.02. The Hall–Kier alpha value is -1.02.